The van der Waals surface area contributed by atoms with Crippen LogP contribution in [0.1, 0.15) is 62.3 Å². The Morgan fingerprint density at radius 3 is 2.76 bits per heavy atom. The number of carbonyl (C=O) groups excluding carboxylic acids is 1. The number of ether oxygens (including phenoxy) is 2. The lowest BCUT2D eigenvalue weighted by Crippen LogP contribution is -2.27. The van der Waals surface area contributed by atoms with Crippen molar-refractivity contribution in [3.63, 3.8) is 0 Å². The SMILES string of the molecule is COCc1nc(C)cc(NC2CCCc3cc(NC(=O)OC(C)(C)C)ccc32)n1. The molecule has 1 heterocycles. The molecule has 0 saturated carbocycles. The predicted molar refractivity (Wildman–Crippen MR) is 113 cm³/mol. The van der Waals surface area contributed by atoms with E-state index in [-0.39, 0.29) is 6.04 Å². The van der Waals surface area contributed by atoms with Crippen LogP contribution in [0.2, 0.25) is 0 Å². The third-order valence-corrected chi connectivity index (χ3v) is 4.60. The van der Waals surface area contributed by atoms with Crippen LogP contribution in [0.4, 0.5) is 16.3 Å². The number of carbonyl (C=O) groups is 1. The van der Waals surface area contributed by atoms with Crippen LogP contribution in [0, 0.1) is 6.92 Å². The molecule has 1 atom stereocenters. The van der Waals surface area contributed by atoms with E-state index in [4.69, 9.17) is 9.47 Å². The van der Waals surface area contributed by atoms with Gasteiger partial charge in [-0.25, -0.2) is 14.8 Å². The lowest BCUT2D eigenvalue weighted by atomic mass is 9.87. The van der Waals surface area contributed by atoms with E-state index in [1.807, 2.05) is 45.9 Å². The van der Waals surface area contributed by atoms with E-state index in [1.54, 1.807) is 7.11 Å². The molecule has 0 aliphatic heterocycles. The molecule has 156 valence electrons. The van der Waals surface area contributed by atoms with Crippen molar-refractivity contribution < 1.29 is 14.3 Å². The molecule has 7 nitrogen and oxygen atoms in total. The topological polar surface area (TPSA) is 85.4 Å². The summed E-state index contributed by atoms with van der Waals surface area (Å²) in [6, 6.07) is 8.15. The van der Waals surface area contributed by atoms with Crippen LogP contribution in [0.15, 0.2) is 24.3 Å². The van der Waals surface area contributed by atoms with Gasteiger partial charge in [0.1, 0.15) is 18.0 Å². The highest BCUT2D eigenvalue weighted by Gasteiger charge is 2.22. The first-order valence-electron chi connectivity index (χ1n) is 9.96. The number of rotatable bonds is 5. The second-order valence-electron chi connectivity index (χ2n) is 8.37. The monoisotopic (exact) mass is 398 g/mol. The van der Waals surface area contributed by atoms with E-state index in [1.165, 1.54) is 11.1 Å². The smallest absolute Gasteiger partial charge is 0.412 e. The van der Waals surface area contributed by atoms with Crippen LogP contribution >= 0.6 is 0 Å². The van der Waals surface area contributed by atoms with Crippen LogP contribution in [0.3, 0.4) is 0 Å². The lowest BCUT2D eigenvalue weighted by molar-refractivity contribution is 0.0636. The summed E-state index contributed by atoms with van der Waals surface area (Å²) < 4.78 is 10.5. The maximum atomic E-state index is 12.0. The number of amides is 1. The van der Waals surface area contributed by atoms with Gasteiger partial charge in [-0.3, -0.25) is 5.32 Å². The molecule has 1 aliphatic rings. The second-order valence-corrected chi connectivity index (χ2v) is 8.37. The zero-order valence-corrected chi connectivity index (χ0v) is 17.8. The predicted octanol–water partition coefficient (Wildman–Crippen LogP) is 4.77. The van der Waals surface area contributed by atoms with E-state index < -0.39 is 11.7 Å². The minimum Gasteiger partial charge on any atom is -0.444 e. The third kappa shape index (κ3) is 5.90. The number of aryl methyl sites for hydroxylation is 2. The van der Waals surface area contributed by atoms with Crippen molar-refractivity contribution >= 4 is 17.6 Å². The number of fused-ring (bicyclic) bond motifs is 1. The first-order chi connectivity index (χ1) is 13.7. The summed E-state index contributed by atoms with van der Waals surface area (Å²) in [5, 5.41) is 6.38. The van der Waals surface area contributed by atoms with Gasteiger partial charge in [-0.05, 0) is 70.2 Å². The summed E-state index contributed by atoms with van der Waals surface area (Å²) in [5.41, 5.74) is 3.59. The molecular weight excluding hydrogens is 368 g/mol. The quantitative estimate of drug-likeness (QED) is 0.755. The van der Waals surface area contributed by atoms with E-state index in [0.29, 0.717) is 12.4 Å². The first-order valence-corrected chi connectivity index (χ1v) is 9.96. The van der Waals surface area contributed by atoms with E-state index in [9.17, 15) is 4.79 Å². The molecule has 0 bridgehead atoms. The van der Waals surface area contributed by atoms with Gasteiger partial charge < -0.3 is 14.8 Å². The van der Waals surface area contributed by atoms with Crippen molar-refractivity contribution in [3.8, 4) is 0 Å². The van der Waals surface area contributed by atoms with Gasteiger partial charge in [0.25, 0.3) is 0 Å². The molecule has 2 N–H and O–H groups in total. The molecule has 0 radical (unpaired) electrons. The van der Waals surface area contributed by atoms with Gasteiger partial charge in [0.15, 0.2) is 5.82 Å². The maximum Gasteiger partial charge on any atom is 0.412 e. The average Bonchev–Trinajstić information content (AvgIpc) is 2.60. The van der Waals surface area contributed by atoms with Gasteiger partial charge in [0.2, 0.25) is 0 Å². The standard InChI is InChI=1S/C22H30N4O3/c1-14-11-19(26-20(23-14)13-28-5)25-18-8-6-7-15-12-16(9-10-17(15)18)24-21(27)29-22(2,3)4/h9-12,18H,6-8,13H2,1-5H3,(H,24,27)(H,23,25,26). The molecule has 29 heavy (non-hydrogen) atoms. The van der Waals surface area contributed by atoms with Crippen molar-refractivity contribution in [1.82, 2.24) is 9.97 Å². The number of hydrogen-bond acceptors (Lipinski definition) is 6. The van der Waals surface area contributed by atoms with Crippen molar-refractivity contribution in [2.45, 2.75) is 65.2 Å². The number of benzene rings is 1. The highest BCUT2D eigenvalue weighted by Crippen LogP contribution is 2.34. The molecule has 2 aromatic rings. The zero-order valence-electron chi connectivity index (χ0n) is 17.8. The Morgan fingerprint density at radius 2 is 2.03 bits per heavy atom. The Kier molecular flexibility index (Phi) is 6.37. The molecule has 1 unspecified atom stereocenters. The summed E-state index contributed by atoms with van der Waals surface area (Å²) >= 11 is 0. The third-order valence-electron chi connectivity index (χ3n) is 4.60. The molecule has 1 aromatic carbocycles. The lowest BCUT2D eigenvalue weighted by Gasteiger charge is -2.27. The van der Waals surface area contributed by atoms with E-state index in [0.717, 1.165) is 36.5 Å². The maximum absolute atomic E-state index is 12.0. The average molecular weight is 399 g/mol. The van der Waals surface area contributed by atoms with E-state index >= 15 is 0 Å². The number of methoxy groups -OCH3 is 1. The molecule has 1 amide bonds. The molecular formula is C22H30N4O3. The van der Waals surface area contributed by atoms with Crippen LogP contribution in [0.5, 0.6) is 0 Å². The van der Waals surface area contributed by atoms with Gasteiger partial charge >= 0.3 is 6.09 Å². The van der Waals surface area contributed by atoms with Crippen LogP contribution in [0.25, 0.3) is 0 Å². The number of nitrogens with zero attached hydrogens (tertiary/aromatic N) is 2. The van der Waals surface area contributed by atoms with Crippen LogP contribution < -0.4 is 10.6 Å². The number of anilines is 2. The zero-order chi connectivity index (χ0) is 21.0. The van der Waals surface area contributed by atoms with E-state index in [2.05, 4.69) is 26.7 Å². The molecule has 1 aliphatic carbocycles. The van der Waals surface area contributed by atoms with Gasteiger partial charge in [0.05, 0.1) is 6.04 Å². The fraction of sp³-hybridized carbons (Fsp3) is 0.500. The minimum absolute atomic E-state index is 0.166. The molecule has 0 fully saturated rings. The van der Waals surface area contributed by atoms with Crippen LogP contribution in [-0.4, -0.2) is 28.8 Å². The van der Waals surface area contributed by atoms with Crippen molar-refractivity contribution in [2.75, 3.05) is 17.7 Å². The molecule has 7 heteroatoms. The van der Waals surface area contributed by atoms with Crippen molar-refractivity contribution in [3.05, 3.63) is 46.9 Å². The summed E-state index contributed by atoms with van der Waals surface area (Å²) in [7, 11) is 1.64. The molecule has 3 rings (SSSR count). The Balaban J connectivity index is 1.75. The second kappa shape index (κ2) is 8.78. The number of aromatic nitrogens is 2. The van der Waals surface area contributed by atoms with Crippen molar-refractivity contribution in [1.29, 1.82) is 0 Å². The summed E-state index contributed by atoms with van der Waals surface area (Å²) in [6.07, 6.45) is 2.63. The van der Waals surface area contributed by atoms with Gasteiger partial charge in [0, 0.05) is 24.6 Å². The summed E-state index contributed by atoms with van der Waals surface area (Å²) in [5.74, 6) is 1.47. The fourth-order valence-electron chi connectivity index (χ4n) is 3.54. The Labute approximate surface area is 172 Å². The summed E-state index contributed by atoms with van der Waals surface area (Å²) in [6.45, 7) is 7.89. The van der Waals surface area contributed by atoms with Gasteiger partial charge in [-0.1, -0.05) is 6.07 Å². The van der Waals surface area contributed by atoms with Gasteiger partial charge in [-0.2, -0.15) is 0 Å². The Morgan fingerprint density at radius 1 is 1.24 bits per heavy atom. The minimum atomic E-state index is -0.523. The highest BCUT2D eigenvalue weighted by atomic mass is 16.6. The number of hydrogen-bond donors (Lipinski definition) is 2. The van der Waals surface area contributed by atoms with Crippen LogP contribution in [-0.2, 0) is 22.5 Å². The van der Waals surface area contributed by atoms with Crippen molar-refractivity contribution in [2.24, 2.45) is 0 Å². The normalized spacial score (nSPS) is 16.1. The Hall–Kier alpha value is -2.67. The summed E-state index contributed by atoms with van der Waals surface area (Å²) in [4.78, 5) is 21.0. The molecule has 1 aromatic heterocycles. The Bertz CT molecular complexity index is 877. The molecule has 0 saturated heterocycles. The first kappa shape index (κ1) is 21.0. The highest BCUT2D eigenvalue weighted by molar-refractivity contribution is 5.85. The number of nitrogens with one attached hydrogen (secondary N) is 2. The van der Waals surface area contributed by atoms with Gasteiger partial charge in [-0.15, -0.1) is 0 Å². The molecule has 0 spiro atoms. The fourth-order valence-corrected chi connectivity index (χ4v) is 3.54. The largest absolute Gasteiger partial charge is 0.444 e.